The number of piperidine rings is 1. The molecule has 1 aliphatic heterocycles. The molecule has 7 heteroatoms. The summed E-state index contributed by atoms with van der Waals surface area (Å²) in [6, 6.07) is 7.62. The Kier molecular flexibility index (Phi) is 8.10. The maximum Gasteiger partial charge on any atom is 0.241 e. The fourth-order valence-electron chi connectivity index (χ4n) is 3.25. The molecule has 0 aliphatic carbocycles. The smallest absolute Gasteiger partial charge is 0.241 e. The Morgan fingerprint density at radius 2 is 2.07 bits per heavy atom. The third kappa shape index (κ3) is 7.29. The second-order valence-corrected chi connectivity index (χ2v) is 6.92. The van der Waals surface area contributed by atoms with Crippen molar-refractivity contribution in [2.45, 2.75) is 39.2 Å². The monoisotopic (exact) mass is 375 g/mol. The highest BCUT2D eigenvalue weighted by atomic mass is 16.5. The van der Waals surface area contributed by atoms with Crippen molar-refractivity contribution >= 4 is 17.7 Å². The number of nitrogens with zero attached hydrogens (tertiary/aromatic N) is 1. The highest BCUT2D eigenvalue weighted by Crippen LogP contribution is 2.21. The summed E-state index contributed by atoms with van der Waals surface area (Å²) in [5.41, 5.74) is 0.995. The van der Waals surface area contributed by atoms with Gasteiger partial charge in [0.15, 0.2) is 0 Å². The normalized spacial score (nSPS) is 16.5. The minimum atomic E-state index is -0.204. The van der Waals surface area contributed by atoms with Crippen LogP contribution in [0.4, 0.5) is 0 Å². The maximum atomic E-state index is 12.1. The number of methoxy groups -OCH3 is 1. The van der Waals surface area contributed by atoms with Crippen LogP contribution < -0.4 is 15.4 Å². The average molecular weight is 375 g/mol. The first kappa shape index (κ1) is 20.7. The van der Waals surface area contributed by atoms with Crippen LogP contribution in [0.1, 0.15) is 38.2 Å². The Bertz CT molecular complexity index is 662. The minimum Gasteiger partial charge on any atom is -0.497 e. The molecule has 1 unspecified atom stereocenters. The number of ether oxygens (including phenoxy) is 1. The van der Waals surface area contributed by atoms with Gasteiger partial charge in [-0.25, -0.2) is 0 Å². The molecule has 3 amide bonds. The fourth-order valence-corrected chi connectivity index (χ4v) is 3.25. The van der Waals surface area contributed by atoms with Crippen LogP contribution in [0.3, 0.4) is 0 Å². The molecule has 1 heterocycles. The van der Waals surface area contributed by atoms with Gasteiger partial charge in [0.2, 0.25) is 17.7 Å². The van der Waals surface area contributed by atoms with E-state index in [0.29, 0.717) is 25.4 Å². The quantitative estimate of drug-likeness (QED) is 0.720. The van der Waals surface area contributed by atoms with Crippen molar-refractivity contribution in [2.24, 2.45) is 5.92 Å². The van der Waals surface area contributed by atoms with Crippen LogP contribution in [0.5, 0.6) is 5.75 Å². The summed E-state index contributed by atoms with van der Waals surface area (Å²) in [5.74, 6) is 0.845. The van der Waals surface area contributed by atoms with Gasteiger partial charge < -0.3 is 20.3 Å². The molecule has 0 radical (unpaired) electrons. The second-order valence-electron chi connectivity index (χ2n) is 6.92. The first-order valence-corrected chi connectivity index (χ1v) is 9.39. The van der Waals surface area contributed by atoms with E-state index < -0.39 is 0 Å². The van der Waals surface area contributed by atoms with Crippen molar-refractivity contribution in [3.05, 3.63) is 29.8 Å². The van der Waals surface area contributed by atoms with Crippen molar-refractivity contribution < 1.29 is 19.1 Å². The molecular formula is C20H29N3O4. The van der Waals surface area contributed by atoms with Gasteiger partial charge in [0.1, 0.15) is 5.75 Å². The molecule has 1 fully saturated rings. The highest BCUT2D eigenvalue weighted by Gasteiger charge is 2.24. The fraction of sp³-hybridized carbons (Fsp3) is 0.550. The zero-order chi connectivity index (χ0) is 19.6. The SMILES string of the molecule is COc1cccc(CNC(=O)CCC2CCCN(C(=O)CNC(C)=O)C2)c1. The van der Waals surface area contributed by atoms with Gasteiger partial charge in [0, 0.05) is 33.0 Å². The summed E-state index contributed by atoms with van der Waals surface area (Å²) >= 11 is 0. The van der Waals surface area contributed by atoms with Crippen LogP contribution in [-0.4, -0.2) is 49.4 Å². The van der Waals surface area contributed by atoms with Crippen LogP contribution in [0.15, 0.2) is 24.3 Å². The zero-order valence-corrected chi connectivity index (χ0v) is 16.1. The minimum absolute atomic E-state index is 0.0134. The third-order valence-electron chi connectivity index (χ3n) is 4.76. The van der Waals surface area contributed by atoms with Crippen LogP contribution in [0.25, 0.3) is 0 Å². The van der Waals surface area contributed by atoms with E-state index in [2.05, 4.69) is 10.6 Å². The molecule has 2 rings (SSSR count). The van der Waals surface area contributed by atoms with Crippen molar-refractivity contribution in [3.8, 4) is 5.75 Å². The number of hydrogen-bond acceptors (Lipinski definition) is 4. The van der Waals surface area contributed by atoms with Gasteiger partial charge in [-0.3, -0.25) is 14.4 Å². The molecule has 1 saturated heterocycles. The van der Waals surface area contributed by atoms with E-state index in [4.69, 9.17) is 4.74 Å². The molecule has 7 nitrogen and oxygen atoms in total. The van der Waals surface area contributed by atoms with Crippen molar-refractivity contribution in [2.75, 3.05) is 26.7 Å². The van der Waals surface area contributed by atoms with Crippen LogP contribution in [0.2, 0.25) is 0 Å². The first-order valence-electron chi connectivity index (χ1n) is 9.39. The topological polar surface area (TPSA) is 87.7 Å². The summed E-state index contributed by atoms with van der Waals surface area (Å²) in [4.78, 5) is 37.0. The van der Waals surface area contributed by atoms with Crippen LogP contribution in [0, 0.1) is 5.92 Å². The van der Waals surface area contributed by atoms with E-state index in [9.17, 15) is 14.4 Å². The molecule has 1 aromatic rings. The van der Waals surface area contributed by atoms with Gasteiger partial charge in [0.05, 0.1) is 13.7 Å². The maximum absolute atomic E-state index is 12.1. The Morgan fingerprint density at radius 1 is 1.26 bits per heavy atom. The summed E-state index contributed by atoms with van der Waals surface area (Å²) in [7, 11) is 1.62. The number of carbonyl (C=O) groups is 3. The lowest BCUT2D eigenvalue weighted by atomic mass is 9.93. The van der Waals surface area contributed by atoms with Crippen molar-refractivity contribution in [3.63, 3.8) is 0 Å². The van der Waals surface area contributed by atoms with Gasteiger partial charge in [-0.2, -0.15) is 0 Å². The number of likely N-dealkylation sites (tertiary alicyclic amines) is 1. The number of amides is 3. The molecule has 0 saturated carbocycles. The number of carbonyl (C=O) groups excluding carboxylic acids is 3. The Labute approximate surface area is 160 Å². The molecule has 0 bridgehead atoms. The van der Waals surface area contributed by atoms with Crippen molar-refractivity contribution in [1.82, 2.24) is 15.5 Å². The molecular weight excluding hydrogens is 346 g/mol. The molecule has 0 spiro atoms. The van der Waals surface area contributed by atoms with Gasteiger partial charge in [-0.1, -0.05) is 12.1 Å². The predicted molar refractivity (Wildman–Crippen MR) is 102 cm³/mol. The number of rotatable bonds is 8. The van der Waals surface area contributed by atoms with E-state index in [1.165, 1.54) is 6.92 Å². The first-order chi connectivity index (χ1) is 13.0. The van der Waals surface area contributed by atoms with Crippen LogP contribution in [-0.2, 0) is 20.9 Å². The summed E-state index contributed by atoms with van der Waals surface area (Å²) in [6.07, 6.45) is 3.16. The van der Waals surface area contributed by atoms with E-state index in [0.717, 1.165) is 37.1 Å². The Hall–Kier alpha value is -2.57. The van der Waals surface area contributed by atoms with Gasteiger partial charge in [0.25, 0.3) is 0 Å². The van der Waals surface area contributed by atoms with E-state index in [-0.39, 0.29) is 24.3 Å². The summed E-state index contributed by atoms with van der Waals surface area (Å²) in [5, 5.41) is 5.48. The number of benzene rings is 1. The zero-order valence-electron chi connectivity index (χ0n) is 16.1. The number of hydrogen-bond donors (Lipinski definition) is 2. The van der Waals surface area contributed by atoms with E-state index in [1.807, 2.05) is 24.3 Å². The Morgan fingerprint density at radius 3 is 2.81 bits per heavy atom. The average Bonchev–Trinajstić information content (AvgIpc) is 2.69. The predicted octanol–water partition coefficient (Wildman–Crippen LogP) is 1.47. The lowest BCUT2D eigenvalue weighted by Crippen LogP contribution is -2.44. The lowest BCUT2D eigenvalue weighted by Gasteiger charge is -2.32. The second kappa shape index (κ2) is 10.5. The standard InChI is InChI=1S/C20H29N3O4/c1-15(24)21-13-20(26)23-10-4-6-16(14-23)8-9-19(25)22-12-17-5-3-7-18(11-17)27-2/h3,5,7,11,16H,4,6,8-10,12-14H2,1-2H3,(H,21,24)(H,22,25). The number of nitrogens with one attached hydrogen (secondary N) is 2. The summed E-state index contributed by atoms with van der Waals surface area (Å²) in [6.45, 7) is 3.29. The molecule has 27 heavy (non-hydrogen) atoms. The largest absolute Gasteiger partial charge is 0.497 e. The molecule has 0 aromatic heterocycles. The summed E-state index contributed by atoms with van der Waals surface area (Å²) < 4.78 is 5.18. The highest BCUT2D eigenvalue weighted by molar-refractivity contribution is 5.83. The molecule has 148 valence electrons. The van der Waals surface area contributed by atoms with Crippen molar-refractivity contribution in [1.29, 1.82) is 0 Å². The van der Waals surface area contributed by atoms with Gasteiger partial charge in [-0.15, -0.1) is 0 Å². The molecule has 1 aromatic carbocycles. The Balaban J connectivity index is 1.71. The molecule has 1 atom stereocenters. The van der Waals surface area contributed by atoms with Gasteiger partial charge in [-0.05, 0) is 42.9 Å². The van der Waals surface area contributed by atoms with E-state index in [1.54, 1.807) is 12.0 Å². The van der Waals surface area contributed by atoms with Gasteiger partial charge >= 0.3 is 0 Å². The lowest BCUT2D eigenvalue weighted by molar-refractivity contribution is -0.134. The molecule has 1 aliphatic rings. The van der Waals surface area contributed by atoms with E-state index >= 15 is 0 Å². The molecule has 2 N–H and O–H groups in total. The third-order valence-corrected chi connectivity index (χ3v) is 4.76. The van der Waals surface area contributed by atoms with Crippen LogP contribution >= 0.6 is 0 Å².